The highest BCUT2D eigenvalue weighted by Crippen LogP contribution is 2.30. The number of hydrogen-bond donors (Lipinski definition) is 1. The maximum atomic E-state index is 6.03. The normalized spacial score (nSPS) is 10.5. The molecule has 0 unspecified atom stereocenters. The molecule has 0 radical (unpaired) electrons. The Hall–Kier alpha value is -2.26. The number of fused-ring (bicyclic) bond motifs is 1. The van der Waals surface area contributed by atoms with Crippen molar-refractivity contribution in [3.8, 4) is 5.75 Å². The second-order valence-electron chi connectivity index (χ2n) is 4.36. The van der Waals surface area contributed by atoms with Gasteiger partial charge in [0.05, 0.1) is 12.1 Å². The Kier molecular flexibility index (Phi) is 3.44. The van der Waals surface area contributed by atoms with Gasteiger partial charge >= 0.3 is 0 Å². The van der Waals surface area contributed by atoms with Crippen LogP contribution in [0.2, 0.25) is 5.02 Å². The van der Waals surface area contributed by atoms with E-state index in [0.29, 0.717) is 10.8 Å². The van der Waals surface area contributed by atoms with E-state index in [4.69, 9.17) is 16.3 Å². The first-order valence-corrected chi connectivity index (χ1v) is 6.60. The van der Waals surface area contributed by atoms with Crippen molar-refractivity contribution in [2.45, 2.75) is 0 Å². The van der Waals surface area contributed by atoms with Crippen LogP contribution in [0.15, 0.2) is 54.7 Å². The average molecular weight is 285 g/mol. The van der Waals surface area contributed by atoms with Crippen LogP contribution in [0.4, 0.5) is 11.5 Å². The van der Waals surface area contributed by atoms with Crippen molar-refractivity contribution in [2.75, 3.05) is 12.4 Å². The summed E-state index contributed by atoms with van der Waals surface area (Å²) in [5.74, 6) is 1.45. The molecule has 0 aliphatic rings. The molecule has 3 aromatic rings. The van der Waals surface area contributed by atoms with Gasteiger partial charge < -0.3 is 10.1 Å². The molecular weight excluding hydrogens is 272 g/mol. The number of benzene rings is 2. The van der Waals surface area contributed by atoms with Gasteiger partial charge in [0, 0.05) is 23.3 Å². The van der Waals surface area contributed by atoms with Crippen LogP contribution < -0.4 is 10.1 Å². The molecule has 20 heavy (non-hydrogen) atoms. The lowest BCUT2D eigenvalue weighted by Gasteiger charge is -2.10. The molecule has 0 spiro atoms. The summed E-state index contributed by atoms with van der Waals surface area (Å²) in [7, 11) is 1.60. The zero-order valence-corrected chi connectivity index (χ0v) is 11.7. The van der Waals surface area contributed by atoms with Crippen molar-refractivity contribution >= 4 is 33.9 Å². The summed E-state index contributed by atoms with van der Waals surface area (Å²) < 4.78 is 5.22. The van der Waals surface area contributed by atoms with Crippen LogP contribution in [-0.4, -0.2) is 12.1 Å². The highest BCUT2D eigenvalue weighted by Gasteiger charge is 2.05. The highest BCUT2D eigenvalue weighted by atomic mass is 35.5. The third-order valence-corrected chi connectivity index (χ3v) is 3.40. The average Bonchev–Trinajstić information content (AvgIpc) is 2.49. The van der Waals surface area contributed by atoms with Crippen molar-refractivity contribution in [1.29, 1.82) is 0 Å². The molecule has 0 aliphatic carbocycles. The van der Waals surface area contributed by atoms with Crippen LogP contribution in [0.25, 0.3) is 10.8 Å². The van der Waals surface area contributed by atoms with Crippen LogP contribution in [-0.2, 0) is 0 Å². The Balaban J connectivity index is 2.01. The van der Waals surface area contributed by atoms with Gasteiger partial charge in [-0.05, 0) is 23.6 Å². The van der Waals surface area contributed by atoms with Crippen LogP contribution in [0.3, 0.4) is 0 Å². The number of anilines is 2. The van der Waals surface area contributed by atoms with Gasteiger partial charge in [-0.15, -0.1) is 0 Å². The Morgan fingerprint density at radius 1 is 1.10 bits per heavy atom. The van der Waals surface area contributed by atoms with E-state index in [9.17, 15) is 0 Å². The molecule has 2 aromatic carbocycles. The standard InChI is InChI=1S/C16H13ClN2O/c1-20-15-10-12(6-7-14(15)17)19-16-13-5-3-2-4-11(13)8-9-18-16/h2-10H,1H3,(H,18,19). The largest absolute Gasteiger partial charge is 0.495 e. The summed E-state index contributed by atoms with van der Waals surface area (Å²) in [5.41, 5.74) is 0.884. The van der Waals surface area contributed by atoms with E-state index in [1.165, 1.54) is 0 Å². The van der Waals surface area contributed by atoms with Crippen molar-refractivity contribution in [3.05, 3.63) is 59.8 Å². The number of aromatic nitrogens is 1. The zero-order chi connectivity index (χ0) is 13.9. The van der Waals surface area contributed by atoms with Crippen molar-refractivity contribution in [1.82, 2.24) is 4.98 Å². The van der Waals surface area contributed by atoms with Crippen LogP contribution in [0.5, 0.6) is 5.75 Å². The van der Waals surface area contributed by atoms with Crippen molar-refractivity contribution in [2.24, 2.45) is 0 Å². The SMILES string of the molecule is COc1cc(Nc2nccc3ccccc23)ccc1Cl. The molecule has 0 bridgehead atoms. The Bertz CT molecular complexity index is 753. The van der Waals surface area contributed by atoms with Gasteiger partial charge in [-0.3, -0.25) is 0 Å². The molecule has 0 atom stereocenters. The second kappa shape index (κ2) is 5.39. The Labute approximate surface area is 122 Å². The molecular formula is C16H13ClN2O. The predicted molar refractivity (Wildman–Crippen MR) is 83.0 cm³/mol. The molecule has 0 saturated carbocycles. The van der Waals surface area contributed by atoms with Crippen molar-refractivity contribution in [3.63, 3.8) is 0 Å². The molecule has 3 rings (SSSR count). The number of hydrogen-bond acceptors (Lipinski definition) is 3. The van der Waals surface area contributed by atoms with Gasteiger partial charge in [0.15, 0.2) is 0 Å². The lowest BCUT2D eigenvalue weighted by atomic mass is 10.1. The van der Waals surface area contributed by atoms with E-state index >= 15 is 0 Å². The number of nitrogens with one attached hydrogen (secondary N) is 1. The van der Waals surface area contributed by atoms with Gasteiger partial charge in [-0.1, -0.05) is 35.9 Å². The third kappa shape index (κ3) is 2.40. The van der Waals surface area contributed by atoms with E-state index in [-0.39, 0.29) is 0 Å². The number of methoxy groups -OCH3 is 1. The number of pyridine rings is 1. The molecule has 100 valence electrons. The zero-order valence-electron chi connectivity index (χ0n) is 10.9. The quantitative estimate of drug-likeness (QED) is 0.761. The summed E-state index contributed by atoms with van der Waals surface area (Å²) in [6.07, 6.45) is 1.79. The first-order valence-electron chi connectivity index (χ1n) is 6.22. The van der Waals surface area contributed by atoms with Crippen molar-refractivity contribution < 1.29 is 4.74 Å². The Morgan fingerprint density at radius 3 is 2.80 bits per heavy atom. The number of ether oxygens (including phenoxy) is 1. The lowest BCUT2D eigenvalue weighted by molar-refractivity contribution is 0.415. The van der Waals surface area contributed by atoms with E-state index in [0.717, 1.165) is 22.3 Å². The maximum Gasteiger partial charge on any atom is 0.139 e. The second-order valence-corrected chi connectivity index (χ2v) is 4.76. The lowest BCUT2D eigenvalue weighted by Crippen LogP contribution is -1.95. The van der Waals surface area contributed by atoms with Crippen LogP contribution in [0.1, 0.15) is 0 Å². The van der Waals surface area contributed by atoms with E-state index in [1.807, 2.05) is 36.4 Å². The number of halogens is 1. The minimum absolute atomic E-state index is 0.587. The van der Waals surface area contributed by atoms with E-state index in [1.54, 1.807) is 19.4 Å². The summed E-state index contributed by atoms with van der Waals surface area (Å²) in [4.78, 5) is 4.40. The minimum atomic E-state index is 0.587. The molecule has 1 aromatic heterocycles. The molecule has 0 fully saturated rings. The molecule has 0 amide bonds. The summed E-state index contributed by atoms with van der Waals surface area (Å²) >= 11 is 6.03. The van der Waals surface area contributed by atoms with E-state index in [2.05, 4.69) is 16.4 Å². The van der Waals surface area contributed by atoms with E-state index < -0.39 is 0 Å². The highest BCUT2D eigenvalue weighted by molar-refractivity contribution is 6.32. The van der Waals surface area contributed by atoms with Gasteiger partial charge in [0.1, 0.15) is 11.6 Å². The molecule has 4 heteroatoms. The smallest absolute Gasteiger partial charge is 0.139 e. The third-order valence-electron chi connectivity index (χ3n) is 3.09. The summed E-state index contributed by atoms with van der Waals surface area (Å²) in [6.45, 7) is 0. The fourth-order valence-corrected chi connectivity index (χ4v) is 2.29. The monoisotopic (exact) mass is 284 g/mol. The molecule has 1 N–H and O–H groups in total. The number of rotatable bonds is 3. The Morgan fingerprint density at radius 2 is 1.95 bits per heavy atom. The fraction of sp³-hybridized carbons (Fsp3) is 0.0625. The topological polar surface area (TPSA) is 34.1 Å². The van der Waals surface area contributed by atoms with Gasteiger partial charge in [0.2, 0.25) is 0 Å². The summed E-state index contributed by atoms with van der Waals surface area (Å²) in [5, 5.41) is 6.10. The predicted octanol–water partition coefficient (Wildman–Crippen LogP) is 4.64. The first kappa shape index (κ1) is 12.8. The van der Waals surface area contributed by atoms with Crippen LogP contribution >= 0.6 is 11.6 Å². The number of nitrogens with zero attached hydrogens (tertiary/aromatic N) is 1. The fourth-order valence-electron chi connectivity index (χ4n) is 2.09. The van der Waals surface area contributed by atoms with Gasteiger partial charge in [0.25, 0.3) is 0 Å². The minimum Gasteiger partial charge on any atom is -0.495 e. The molecule has 1 heterocycles. The molecule has 0 saturated heterocycles. The summed E-state index contributed by atoms with van der Waals surface area (Å²) in [6, 6.07) is 15.6. The van der Waals surface area contributed by atoms with Gasteiger partial charge in [-0.2, -0.15) is 0 Å². The maximum absolute atomic E-state index is 6.03. The van der Waals surface area contributed by atoms with Crippen LogP contribution in [0, 0.1) is 0 Å². The first-order chi connectivity index (χ1) is 9.78. The molecule has 3 nitrogen and oxygen atoms in total. The van der Waals surface area contributed by atoms with Gasteiger partial charge in [-0.25, -0.2) is 4.98 Å². The molecule has 0 aliphatic heterocycles.